The van der Waals surface area contributed by atoms with Crippen LogP contribution < -0.4 is 4.74 Å². The van der Waals surface area contributed by atoms with Gasteiger partial charge >= 0.3 is 0 Å². The van der Waals surface area contributed by atoms with Crippen molar-refractivity contribution in [2.24, 2.45) is 0 Å². The molecular formula is C15H19NO3. The first-order valence-corrected chi connectivity index (χ1v) is 6.38. The van der Waals surface area contributed by atoms with Gasteiger partial charge in [-0.05, 0) is 32.9 Å². The van der Waals surface area contributed by atoms with Crippen molar-refractivity contribution in [1.82, 2.24) is 4.90 Å². The molecule has 19 heavy (non-hydrogen) atoms. The molecule has 0 saturated carbocycles. The van der Waals surface area contributed by atoms with Gasteiger partial charge in [0.05, 0.1) is 18.2 Å². The second-order valence-corrected chi connectivity index (χ2v) is 5.39. The SMILES string of the molecule is COc1ccc(C)cc1C(=O)N1CCC(=O)C1(C)C. The number of methoxy groups -OCH3 is 1. The molecule has 0 bridgehead atoms. The number of ketones is 1. The minimum Gasteiger partial charge on any atom is -0.496 e. The first-order chi connectivity index (χ1) is 8.87. The molecule has 0 radical (unpaired) electrons. The highest BCUT2D eigenvalue weighted by molar-refractivity contribution is 6.03. The lowest BCUT2D eigenvalue weighted by Crippen LogP contribution is -2.46. The molecule has 0 N–H and O–H groups in total. The molecule has 0 spiro atoms. The average molecular weight is 261 g/mol. The summed E-state index contributed by atoms with van der Waals surface area (Å²) < 4.78 is 5.24. The van der Waals surface area contributed by atoms with Gasteiger partial charge in [0, 0.05) is 13.0 Å². The smallest absolute Gasteiger partial charge is 0.258 e. The highest BCUT2D eigenvalue weighted by Gasteiger charge is 2.43. The first-order valence-electron chi connectivity index (χ1n) is 6.38. The van der Waals surface area contributed by atoms with Crippen LogP contribution >= 0.6 is 0 Å². The second-order valence-electron chi connectivity index (χ2n) is 5.39. The minimum absolute atomic E-state index is 0.104. The van der Waals surface area contributed by atoms with E-state index in [0.717, 1.165) is 5.56 Å². The molecule has 1 amide bonds. The average Bonchev–Trinajstić information content (AvgIpc) is 2.63. The molecule has 1 aromatic rings. The monoisotopic (exact) mass is 261 g/mol. The van der Waals surface area contributed by atoms with Crippen LogP contribution in [0.15, 0.2) is 18.2 Å². The predicted octanol–water partition coefficient (Wildman–Crippen LogP) is 2.20. The summed E-state index contributed by atoms with van der Waals surface area (Å²) >= 11 is 0. The summed E-state index contributed by atoms with van der Waals surface area (Å²) in [6.07, 6.45) is 0.423. The van der Waals surface area contributed by atoms with E-state index in [0.29, 0.717) is 24.3 Å². The Bertz CT molecular complexity index is 534. The number of carbonyl (C=O) groups excluding carboxylic acids is 2. The van der Waals surface area contributed by atoms with Gasteiger partial charge in [-0.25, -0.2) is 0 Å². The van der Waals surface area contributed by atoms with Crippen molar-refractivity contribution in [3.63, 3.8) is 0 Å². The van der Waals surface area contributed by atoms with E-state index >= 15 is 0 Å². The number of rotatable bonds is 2. The number of amides is 1. The Morgan fingerprint density at radius 3 is 2.58 bits per heavy atom. The normalized spacial score (nSPS) is 17.7. The van der Waals surface area contributed by atoms with Crippen molar-refractivity contribution < 1.29 is 14.3 Å². The van der Waals surface area contributed by atoms with Gasteiger partial charge in [-0.2, -0.15) is 0 Å². The molecule has 0 aliphatic carbocycles. The Morgan fingerprint density at radius 1 is 1.37 bits per heavy atom. The van der Waals surface area contributed by atoms with Crippen molar-refractivity contribution in [3.05, 3.63) is 29.3 Å². The van der Waals surface area contributed by atoms with Crippen LogP contribution in [-0.4, -0.2) is 35.8 Å². The molecule has 0 aromatic heterocycles. The quantitative estimate of drug-likeness (QED) is 0.820. The van der Waals surface area contributed by atoms with Crippen molar-refractivity contribution in [1.29, 1.82) is 0 Å². The summed E-state index contributed by atoms with van der Waals surface area (Å²) in [5.41, 5.74) is 0.781. The topological polar surface area (TPSA) is 46.6 Å². The van der Waals surface area contributed by atoms with Gasteiger partial charge in [0.15, 0.2) is 5.78 Å². The first kappa shape index (κ1) is 13.6. The Morgan fingerprint density at radius 2 is 2.05 bits per heavy atom. The zero-order valence-corrected chi connectivity index (χ0v) is 11.8. The van der Waals surface area contributed by atoms with Gasteiger partial charge in [0.1, 0.15) is 5.75 Å². The molecule has 1 aromatic carbocycles. The lowest BCUT2D eigenvalue weighted by atomic mass is 9.99. The second kappa shape index (κ2) is 4.68. The molecule has 102 valence electrons. The Kier molecular flexibility index (Phi) is 3.35. The summed E-state index contributed by atoms with van der Waals surface area (Å²) in [6, 6.07) is 5.49. The van der Waals surface area contributed by atoms with Crippen LogP contribution in [0, 0.1) is 6.92 Å². The molecule has 1 heterocycles. The molecule has 2 rings (SSSR count). The third-order valence-corrected chi connectivity index (χ3v) is 3.75. The fourth-order valence-corrected chi connectivity index (χ4v) is 2.44. The maximum atomic E-state index is 12.6. The fourth-order valence-electron chi connectivity index (χ4n) is 2.44. The number of Topliss-reactive ketones (excluding diaryl/α,β-unsaturated/α-hetero) is 1. The summed E-state index contributed by atoms with van der Waals surface area (Å²) in [5.74, 6) is 0.509. The fraction of sp³-hybridized carbons (Fsp3) is 0.467. The molecule has 4 heteroatoms. The molecule has 0 atom stereocenters. The van der Waals surface area contributed by atoms with Crippen LogP contribution in [0.4, 0.5) is 0 Å². The van der Waals surface area contributed by atoms with Crippen LogP contribution in [0.2, 0.25) is 0 Å². The van der Waals surface area contributed by atoms with Crippen molar-refractivity contribution in [2.75, 3.05) is 13.7 Å². The zero-order valence-electron chi connectivity index (χ0n) is 11.8. The molecule has 1 aliphatic rings. The van der Waals surface area contributed by atoms with E-state index in [1.54, 1.807) is 38.0 Å². The van der Waals surface area contributed by atoms with E-state index in [1.807, 2.05) is 13.0 Å². The van der Waals surface area contributed by atoms with E-state index in [1.165, 1.54) is 0 Å². The number of carbonyl (C=O) groups is 2. The molecule has 1 saturated heterocycles. The number of hydrogen-bond acceptors (Lipinski definition) is 3. The maximum absolute atomic E-state index is 12.6. The van der Waals surface area contributed by atoms with Crippen LogP contribution in [0.1, 0.15) is 36.2 Å². The van der Waals surface area contributed by atoms with Gasteiger partial charge in [-0.15, -0.1) is 0 Å². The van der Waals surface area contributed by atoms with Gasteiger partial charge in [0.2, 0.25) is 0 Å². The third-order valence-electron chi connectivity index (χ3n) is 3.75. The third kappa shape index (κ3) is 2.23. The van der Waals surface area contributed by atoms with Crippen molar-refractivity contribution >= 4 is 11.7 Å². The number of likely N-dealkylation sites (tertiary alicyclic amines) is 1. The maximum Gasteiger partial charge on any atom is 0.258 e. The molecule has 4 nitrogen and oxygen atoms in total. The summed E-state index contributed by atoms with van der Waals surface area (Å²) in [7, 11) is 1.54. The number of hydrogen-bond donors (Lipinski definition) is 0. The predicted molar refractivity (Wildman–Crippen MR) is 72.5 cm³/mol. The van der Waals surface area contributed by atoms with Gasteiger partial charge in [-0.3, -0.25) is 9.59 Å². The summed E-state index contributed by atoms with van der Waals surface area (Å²) in [6.45, 7) is 5.99. The van der Waals surface area contributed by atoms with Gasteiger partial charge in [0.25, 0.3) is 5.91 Å². The Labute approximate surface area is 113 Å². The Hall–Kier alpha value is -1.84. The minimum atomic E-state index is -0.730. The number of benzene rings is 1. The summed E-state index contributed by atoms with van der Waals surface area (Å²) in [4.78, 5) is 26.1. The van der Waals surface area contributed by atoms with Crippen LogP contribution in [-0.2, 0) is 4.79 Å². The number of nitrogens with zero attached hydrogens (tertiary/aromatic N) is 1. The highest BCUT2D eigenvalue weighted by Crippen LogP contribution is 2.30. The number of aryl methyl sites for hydroxylation is 1. The lowest BCUT2D eigenvalue weighted by molar-refractivity contribution is -0.123. The van der Waals surface area contributed by atoms with E-state index < -0.39 is 5.54 Å². The van der Waals surface area contributed by atoms with Gasteiger partial charge in [-0.1, -0.05) is 11.6 Å². The van der Waals surface area contributed by atoms with Gasteiger partial charge < -0.3 is 9.64 Å². The number of ether oxygens (including phenoxy) is 1. The van der Waals surface area contributed by atoms with Crippen molar-refractivity contribution in [2.45, 2.75) is 32.7 Å². The van der Waals surface area contributed by atoms with Crippen LogP contribution in [0.5, 0.6) is 5.75 Å². The highest BCUT2D eigenvalue weighted by atomic mass is 16.5. The largest absolute Gasteiger partial charge is 0.496 e. The summed E-state index contributed by atoms with van der Waals surface area (Å²) in [5, 5.41) is 0. The molecule has 0 unspecified atom stereocenters. The molecule has 1 aliphatic heterocycles. The standard InChI is InChI=1S/C15H19NO3/c1-10-5-6-12(19-4)11(9-10)14(18)16-8-7-13(17)15(16,2)3/h5-6,9H,7-8H2,1-4H3. The lowest BCUT2D eigenvalue weighted by Gasteiger charge is -2.30. The van der Waals surface area contributed by atoms with E-state index in [2.05, 4.69) is 0 Å². The zero-order chi connectivity index (χ0) is 14.2. The van der Waals surface area contributed by atoms with Crippen LogP contribution in [0.3, 0.4) is 0 Å². The van der Waals surface area contributed by atoms with E-state index in [9.17, 15) is 9.59 Å². The van der Waals surface area contributed by atoms with Crippen LogP contribution in [0.25, 0.3) is 0 Å². The van der Waals surface area contributed by atoms with Crippen molar-refractivity contribution in [3.8, 4) is 5.75 Å². The Balaban J connectivity index is 2.40. The molecule has 1 fully saturated rings. The van der Waals surface area contributed by atoms with E-state index in [4.69, 9.17) is 4.74 Å². The van der Waals surface area contributed by atoms with E-state index in [-0.39, 0.29) is 11.7 Å². The molecular weight excluding hydrogens is 242 g/mol.